The van der Waals surface area contributed by atoms with Gasteiger partial charge in [0.2, 0.25) is 17.7 Å². The highest BCUT2D eigenvalue weighted by Crippen LogP contribution is 2.25. The van der Waals surface area contributed by atoms with E-state index in [9.17, 15) is 14.4 Å². The predicted octanol–water partition coefficient (Wildman–Crippen LogP) is 1.49. The second-order valence-electron chi connectivity index (χ2n) is 6.66. The molecule has 0 saturated carbocycles. The Morgan fingerprint density at radius 3 is 2.40 bits per heavy atom. The molecule has 1 fully saturated rings. The number of carbonyl (C=O) groups excluding carboxylic acids is 3. The van der Waals surface area contributed by atoms with Crippen molar-refractivity contribution in [2.24, 2.45) is 11.8 Å². The normalized spacial score (nSPS) is 17.0. The maximum absolute atomic E-state index is 12.2. The molecule has 0 spiro atoms. The molecule has 0 unspecified atom stereocenters. The quantitative estimate of drug-likeness (QED) is 0.735. The molecule has 1 aliphatic heterocycles. The number of amides is 3. The van der Waals surface area contributed by atoms with E-state index in [4.69, 9.17) is 0 Å². The maximum Gasteiger partial charge on any atom is 0.227 e. The molecule has 2 rings (SSSR count). The van der Waals surface area contributed by atoms with Gasteiger partial charge in [-0.1, -0.05) is 32.9 Å². The Labute approximate surface area is 149 Å². The molecule has 0 radical (unpaired) electrons. The van der Waals surface area contributed by atoms with E-state index in [1.54, 1.807) is 4.90 Å². The van der Waals surface area contributed by atoms with E-state index in [1.165, 1.54) is 5.56 Å². The van der Waals surface area contributed by atoms with Gasteiger partial charge in [-0.05, 0) is 24.1 Å². The van der Waals surface area contributed by atoms with E-state index in [0.29, 0.717) is 19.6 Å². The van der Waals surface area contributed by atoms with Crippen molar-refractivity contribution in [1.29, 1.82) is 0 Å². The molecule has 3 amide bonds. The van der Waals surface area contributed by atoms with E-state index in [-0.39, 0.29) is 36.0 Å². The zero-order valence-electron chi connectivity index (χ0n) is 15.2. The van der Waals surface area contributed by atoms with Crippen molar-refractivity contribution in [2.75, 3.05) is 24.5 Å². The maximum atomic E-state index is 12.2. The summed E-state index contributed by atoms with van der Waals surface area (Å²) in [6, 6.07) is 7.87. The first-order chi connectivity index (χ1) is 11.9. The molecule has 1 saturated heterocycles. The van der Waals surface area contributed by atoms with Crippen molar-refractivity contribution >= 4 is 23.4 Å². The summed E-state index contributed by atoms with van der Waals surface area (Å²) in [5.74, 6) is -0.626. The summed E-state index contributed by atoms with van der Waals surface area (Å²) in [5.41, 5.74) is 2.05. The zero-order chi connectivity index (χ0) is 18.4. The molecule has 25 heavy (non-hydrogen) atoms. The van der Waals surface area contributed by atoms with Crippen LogP contribution in [0.1, 0.15) is 32.8 Å². The molecule has 1 heterocycles. The minimum Gasteiger partial charge on any atom is -0.354 e. The Morgan fingerprint density at radius 2 is 1.80 bits per heavy atom. The van der Waals surface area contributed by atoms with Gasteiger partial charge in [-0.3, -0.25) is 14.4 Å². The number of nitrogens with zero attached hydrogens (tertiary/aromatic N) is 1. The number of hydrogen-bond donors (Lipinski definition) is 2. The summed E-state index contributed by atoms with van der Waals surface area (Å²) < 4.78 is 0. The number of hydrogen-bond acceptors (Lipinski definition) is 3. The van der Waals surface area contributed by atoms with Crippen molar-refractivity contribution in [2.45, 2.75) is 33.6 Å². The Kier molecular flexibility index (Phi) is 6.56. The van der Waals surface area contributed by atoms with Crippen LogP contribution in [0.2, 0.25) is 0 Å². The molecular weight excluding hydrogens is 318 g/mol. The molecule has 2 N–H and O–H groups in total. The van der Waals surface area contributed by atoms with E-state index in [1.807, 2.05) is 38.1 Å². The number of aryl methyl sites for hydroxylation is 1. The minimum absolute atomic E-state index is 0.0301. The van der Waals surface area contributed by atoms with E-state index in [0.717, 1.165) is 12.1 Å². The van der Waals surface area contributed by atoms with Crippen molar-refractivity contribution in [3.8, 4) is 0 Å². The Morgan fingerprint density at radius 1 is 1.16 bits per heavy atom. The van der Waals surface area contributed by atoms with Gasteiger partial charge in [0.1, 0.15) is 0 Å². The van der Waals surface area contributed by atoms with Gasteiger partial charge in [-0.2, -0.15) is 0 Å². The third-order valence-corrected chi connectivity index (χ3v) is 4.40. The lowest BCUT2D eigenvalue weighted by Crippen LogP contribution is -2.39. The summed E-state index contributed by atoms with van der Waals surface area (Å²) >= 11 is 0. The lowest BCUT2D eigenvalue weighted by molar-refractivity contribution is -0.126. The first-order valence-electron chi connectivity index (χ1n) is 8.87. The number of carbonyl (C=O) groups is 3. The van der Waals surface area contributed by atoms with Crippen LogP contribution in [0.15, 0.2) is 24.3 Å². The number of rotatable bonds is 7. The Balaban J connectivity index is 1.82. The van der Waals surface area contributed by atoms with Crippen LogP contribution in [0.4, 0.5) is 5.69 Å². The first-order valence-corrected chi connectivity index (χ1v) is 8.87. The zero-order valence-corrected chi connectivity index (χ0v) is 15.2. The highest BCUT2D eigenvalue weighted by molar-refractivity contribution is 6.00. The minimum atomic E-state index is -0.348. The molecule has 136 valence electrons. The van der Waals surface area contributed by atoms with Crippen molar-refractivity contribution in [3.63, 3.8) is 0 Å². The largest absolute Gasteiger partial charge is 0.354 e. The third-order valence-electron chi connectivity index (χ3n) is 4.40. The van der Waals surface area contributed by atoms with Crippen LogP contribution in [-0.2, 0) is 20.8 Å². The number of anilines is 1. The molecule has 0 aromatic heterocycles. The van der Waals surface area contributed by atoms with Crippen LogP contribution >= 0.6 is 0 Å². The number of nitrogens with one attached hydrogen (secondary N) is 2. The van der Waals surface area contributed by atoms with Crippen LogP contribution in [-0.4, -0.2) is 37.4 Å². The third kappa shape index (κ3) is 5.05. The van der Waals surface area contributed by atoms with E-state index in [2.05, 4.69) is 17.6 Å². The van der Waals surface area contributed by atoms with Crippen LogP contribution in [0.25, 0.3) is 0 Å². The summed E-state index contributed by atoms with van der Waals surface area (Å²) in [4.78, 5) is 37.6. The topological polar surface area (TPSA) is 78.5 Å². The fourth-order valence-corrected chi connectivity index (χ4v) is 2.76. The molecule has 1 aromatic carbocycles. The molecule has 0 aliphatic carbocycles. The molecule has 0 bridgehead atoms. The van der Waals surface area contributed by atoms with Crippen LogP contribution < -0.4 is 15.5 Å². The fourth-order valence-electron chi connectivity index (χ4n) is 2.76. The van der Waals surface area contributed by atoms with Crippen LogP contribution in [0.5, 0.6) is 0 Å². The summed E-state index contributed by atoms with van der Waals surface area (Å²) in [7, 11) is 0. The Hall–Kier alpha value is -2.37. The average Bonchev–Trinajstić information content (AvgIpc) is 3.00. The smallest absolute Gasteiger partial charge is 0.227 e. The summed E-state index contributed by atoms with van der Waals surface area (Å²) in [6.07, 6.45) is 1.17. The first kappa shape index (κ1) is 19.0. The van der Waals surface area contributed by atoms with Gasteiger partial charge < -0.3 is 15.5 Å². The molecule has 6 heteroatoms. The number of benzene rings is 1. The Bertz CT molecular complexity index is 625. The fraction of sp³-hybridized carbons (Fsp3) is 0.526. The van der Waals surface area contributed by atoms with Gasteiger partial charge >= 0.3 is 0 Å². The van der Waals surface area contributed by atoms with Gasteiger partial charge in [0, 0.05) is 37.7 Å². The lowest BCUT2D eigenvalue weighted by Gasteiger charge is -2.17. The predicted molar refractivity (Wildman–Crippen MR) is 97.1 cm³/mol. The second-order valence-corrected chi connectivity index (χ2v) is 6.66. The summed E-state index contributed by atoms with van der Waals surface area (Å²) in [6.45, 7) is 6.88. The highest BCUT2D eigenvalue weighted by Gasteiger charge is 2.34. The molecule has 6 nitrogen and oxygen atoms in total. The van der Waals surface area contributed by atoms with Crippen LogP contribution in [0, 0.1) is 11.8 Å². The van der Waals surface area contributed by atoms with Gasteiger partial charge in [-0.15, -0.1) is 0 Å². The SMILES string of the molecule is CCc1ccc(N2C[C@H](C(=O)NCCNC(=O)C(C)C)CC2=O)cc1. The van der Waals surface area contributed by atoms with Crippen molar-refractivity contribution in [3.05, 3.63) is 29.8 Å². The second kappa shape index (κ2) is 8.65. The molecule has 1 atom stereocenters. The lowest BCUT2D eigenvalue weighted by atomic mass is 10.1. The monoisotopic (exact) mass is 345 g/mol. The average molecular weight is 345 g/mol. The van der Waals surface area contributed by atoms with E-state index >= 15 is 0 Å². The van der Waals surface area contributed by atoms with Crippen molar-refractivity contribution in [1.82, 2.24) is 10.6 Å². The van der Waals surface area contributed by atoms with Crippen molar-refractivity contribution < 1.29 is 14.4 Å². The van der Waals surface area contributed by atoms with Crippen LogP contribution in [0.3, 0.4) is 0 Å². The van der Waals surface area contributed by atoms with Gasteiger partial charge in [0.25, 0.3) is 0 Å². The molecule has 1 aromatic rings. The standard InChI is InChI=1S/C19H27N3O3/c1-4-14-5-7-16(8-6-14)22-12-15(11-17(22)23)19(25)21-10-9-20-18(24)13(2)3/h5-8,13,15H,4,9-12H2,1-3H3,(H,20,24)(H,21,25)/t15-/m1/s1. The van der Waals surface area contributed by atoms with Gasteiger partial charge in [0.15, 0.2) is 0 Å². The molecular formula is C19H27N3O3. The highest BCUT2D eigenvalue weighted by atomic mass is 16.2. The molecule has 1 aliphatic rings. The van der Waals surface area contributed by atoms with Gasteiger partial charge in [-0.25, -0.2) is 0 Å². The van der Waals surface area contributed by atoms with E-state index < -0.39 is 0 Å². The van der Waals surface area contributed by atoms with Gasteiger partial charge in [0.05, 0.1) is 5.92 Å². The summed E-state index contributed by atoms with van der Waals surface area (Å²) in [5, 5.41) is 5.55.